The molecule has 2 heterocycles. The van der Waals surface area contributed by atoms with Gasteiger partial charge in [-0.25, -0.2) is 4.79 Å². The van der Waals surface area contributed by atoms with Gasteiger partial charge in [-0.2, -0.15) is 0 Å². The smallest absolute Gasteiger partial charge is 0.339 e. The van der Waals surface area contributed by atoms with E-state index in [1.54, 1.807) is 29.2 Å². The van der Waals surface area contributed by atoms with Crippen molar-refractivity contribution in [3.05, 3.63) is 95.1 Å². The molecule has 0 aliphatic carbocycles. The van der Waals surface area contributed by atoms with Crippen LogP contribution in [-0.2, 0) is 16.0 Å². The minimum absolute atomic E-state index is 0.100. The first-order valence-corrected chi connectivity index (χ1v) is 10.7. The predicted octanol–water partition coefficient (Wildman–Crippen LogP) is 4.52. The zero-order chi connectivity index (χ0) is 22.1. The molecule has 0 unspecified atom stereocenters. The molecule has 1 atom stereocenters. The molecule has 0 spiro atoms. The Morgan fingerprint density at radius 1 is 0.969 bits per heavy atom. The van der Waals surface area contributed by atoms with Crippen LogP contribution in [0.5, 0.6) is 0 Å². The van der Waals surface area contributed by atoms with Crippen LogP contribution in [0.3, 0.4) is 0 Å². The van der Waals surface area contributed by atoms with Crippen molar-refractivity contribution in [2.75, 3.05) is 16.8 Å². The van der Waals surface area contributed by atoms with Crippen molar-refractivity contribution in [2.45, 2.75) is 25.4 Å². The number of carbonyl (C=O) groups excluding carboxylic acids is 3. The van der Waals surface area contributed by atoms with Crippen LogP contribution >= 0.6 is 0 Å². The van der Waals surface area contributed by atoms with Crippen LogP contribution in [0.25, 0.3) is 0 Å². The van der Waals surface area contributed by atoms with E-state index in [2.05, 4.69) is 5.32 Å². The lowest BCUT2D eigenvalue weighted by atomic mass is 9.93. The lowest BCUT2D eigenvalue weighted by Gasteiger charge is -2.25. The first-order valence-electron chi connectivity index (χ1n) is 10.7. The number of cyclic esters (lactones) is 1. The van der Waals surface area contributed by atoms with Gasteiger partial charge in [0, 0.05) is 36.3 Å². The summed E-state index contributed by atoms with van der Waals surface area (Å²) in [6.07, 6.45) is 1.54. The summed E-state index contributed by atoms with van der Waals surface area (Å²) in [5.74, 6) is -0.550. The van der Waals surface area contributed by atoms with Gasteiger partial charge in [-0.05, 0) is 53.9 Å². The number of benzene rings is 3. The topological polar surface area (TPSA) is 75.7 Å². The Labute approximate surface area is 185 Å². The molecule has 0 radical (unpaired) electrons. The summed E-state index contributed by atoms with van der Waals surface area (Å²) in [6, 6.07) is 21.9. The van der Waals surface area contributed by atoms with Crippen molar-refractivity contribution in [3.8, 4) is 0 Å². The van der Waals surface area contributed by atoms with Gasteiger partial charge in [0.15, 0.2) is 0 Å². The summed E-state index contributed by atoms with van der Waals surface area (Å²) in [5, 5.41) is 2.90. The normalized spacial score (nSPS) is 17.6. The predicted molar refractivity (Wildman–Crippen MR) is 121 cm³/mol. The maximum Gasteiger partial charge on any atom is 0.339 e. The number of nitrogens with one attached hydrogen (secondary N) is 1. The first kappa shape index (κ1) is 20.0. The van der Waals surface area contributed by atoms with E-state index in [0.717, 1.165) is 23.2 Å². The van der Waals surface area contributed by atoms with Crippen molar-refractivity contribution >= 4 is 29.2 Å². The average molecular weight is 426 g/mol. The van der Waals surface area contributed by atoms with E-state index in [9.17, 15) is 14.4 Å². The second-order valence-electron chi connectivity index (χ2n) is 8.03. The zero-order valence-electron chi connectivity index (χ0n) is 17.4. The Morgan fingerprint density at radius 3 is 2.59 bits per heavy atom. The quantitative estimate of drug-likeness (QED) is 0.623. The fraction of sp³-hybridized carbons (Fsp3) is 0.192. The Bertz CT molecular complexity index is 1210. The largest absolute Gasteiger partial charge is 0.454 e. The number of fused-ring (bicyclic) bond motifs is 1. The maximum absolute atomic E-state index is 12.9. The summed E-state index contributed by atoms with van der Waals surface area (Å²) in [4.78, 5) is 39.2. The van der Waals surface area contributed by atoms with Crippen molar-refractivity contribution in [1.82, 2.24) is 0 Å². The third kappa shape index (κ3) is 3.87. The number of rotatable bonds is 4. The SMILES string of the molecule is O=C(Nc1cccc(N2CCCC2=O)c1)c1ccc2c(c1)C[C@H](c1ccccc1)OC2=O. The van der Waals surface area contributed by atoms with E-state index in [1.165, 1.54) is 0 Å². The van der Waals surface area contributed by atoms with Crippen molar-refractivity contribution in [1.29, 1.82) is 0 Å². The minimum Gasteiger partial charge on any atom is -0.454 e. The summed E-state index contributed by atoms with van der Waals surface area (Å²) in [5.41, 5.74) is 4.07. The Hall–Kier alpha value is -3.93. The number of carbonyl (C=O) groups is 3. The molecule has 0 saturated carbocycles. The summed E-state index contributed by atoms with van der Waals surface area (Å²) in [6.45, 7) is 0.694. The molecule has 6 nitrogen and oxygen atoms in total. The van der Waals surface area contributed by atoms with Crippen LogP contribution < -0.4 is 10.2 Å². The number of hydrogen-bond donors (Lipinski definition) is 1. The number of ether oxygens (including phenoxy) is 1. The third-order valence-electron chi connectivity index (χ3n) is 5.90. The molecule has 0 aromatic heterocycles. The highest BCUT2D eigenvalue weighted by Crippen LogP contribution is 2.31. The molecule has 1 fully saturated rings. The van der Waals surface area contributed by atoms with Gasteiger partial charge in [-0.1, -0.05) is 36.4 Å². The van der Waals surface area contributed by atoms with Gasteiger partial charge < -0.3 is 15.0 Å². The van der Waals surface area contributed by atoms with Crippen LogP contribution in [0.1, 0.15) is 50.8 Å². The molecule has 2 aliphatic heterocycles. The molecule has 3 aromatic carbocycles. The lowest BCUT2D eigenvalue weighted by Crippen LogP contribution is -2.24. The van der Waals surface area contributed by atoms with Crippen LogP contribution in [0, 0.1) is 0 Å². The molecular weight excluding hydrogens is 404 g/mol. The highest BCUT2D eigenvalue weighted by molar-refractivity contribution is 6.06. The molecule has 2 amide bonds. The molecule has 160 valence electrons. The standard InChI is InChI=1S/C26H22N2O4/c29-24-10-5-13-28(24)21-9-4-8-20(16-21)27-25(30)18-11-12-22-19(14-18)15-23(32-26(22)31)17-6-2-1-3-7-17/h1-4,6-9,11-12,14,16,23H,5,10,13,15H2,(H,27,30)/t23-/m1/s1. The van der Waals surface area contributed by atoms with Crippen LogP contribution in [0.15, 0.2) is 72.8 Å². The molecule has 32 heavy (non-hydrogen) atoms. The third-order valence-corrected chi connectivity index (χ3v) is 5.90. The van der Waals surface area contributed by atoms with Gasteiger partial charge in [-0.3, -0.25) is 9.59 Å². The molecule has 5 rings (SSSR count). The van der Waals surface area contributed by atoms with Gasteiger partial charge in [0.05, 0.1) is 5.56 Å². The fourth-order valence-corrected chi connectivity index (χ4v) is 4.27. The first-order chi connectivity index (χ1) is 15.6. The van der Waals surface area contributed by atoms with Crippen molar-refractivity contribution in [2.24, 2.45) is 0 Å². The van der Waals surface area contributed by atoms with Crippen LogP contribution in [0.2, 0.25) is 0 Å². The lowest BCUT2D eigenvalue weighted by molar-refractivity contribution is -0.117. The van der Waals surface area contributed by atoms with Gasteiger partial charge in [0.1, 0.15) is 6.10 Å². The monoisotopic (exact) mass is 426 g/mol. The van der Waals surface area contributed by atoms with E-state index in [1.807, 2.05) is 48.5 Å². The molecule has 3 aromatic rings. The average Bonchev–Trinajstić information content (AvgIpc) is 3.25. The number of nitrogens with zero attached hydrogens (tertiary/aromatic N) is 1. The molecular formula is C26H22N2O4. The van der Waals surface area contributed by atoms with E-state index >= 15 is 0 Å². The van der Waals surface area contributed by atoms with E-state index < -0.39 is 0 Å². The zero-order valence-corrected chi connectivity index (χ0v) is 17.4. The molecule has 0 bridgehead atoms. The van der Waals surface area contributed by atoms with Gasteiger partial charge in [0.2, 0.25) is 5.91 Å². The number of esters is 1. The second-order valence-corrected chi connectivity index (χ2v) is 8.03. The van der Waals surface area contributed by atoms with Gasteiger partial charge in [-0.15, -0.1) is 0 Å². The number of hydrogen-bond acceptors (Lipinski definition) is 4. The van der Waals surface area contributed by atoms with E-state index in [0.29, 0.717) is 36.2 Å². The Kier molecular flexibility index (Phi) is 5.19. The van der Waals surface area contributed by atoms with Crippen LogP contribution in [0.4, 0.5) is 11.4 Å². The van der Waals surface area contributed by atoms with E-state index in [-0.39, 0.29) is 23.9 Å². The van der Waals surface area contributed by atoms with Crippen molar-refractivity contribution in [3.63, 3.8) is 0 Å². The fourth-order valence-electron chi connectivity index (χ4n) is 4.27. The Balaban J connectivity index is 1.36. The molecule has 1 N–H and O–H groups in total. The van der Waals surface area contributed by atoms with Crippen LogP contribution in [-0.4, -0.2) is 24.3 Å². The summed E-state index contributed by atoms with van der Waals surface area (Å²) in [7, 11) is 0. The molecule has 1 saturated heterocycles. The van der Waals surface area contributed by atoms with Gasteiger partial charge >= 0.3 is 5.97 Å². The number of amides is 2. The highest BCUT2D eigenvalue weighted by atomic mass is 16.5. The molecule has 2 aliphatic rings. The highest BCUT2D eigenvalue weighted by Gasteiger charge is 2.28. The number of anilines is 2. The molecule has 6 heteroatoms. The van der Waals surface area contributed by atoms with E-state index in [4.69, 9.17) is 4.74 Å². The maximum atomic E-state index is 12.9. The second kappa shape index (κ2) is 8.30. The van der Waals surface area contributed by atoms with Crippen molar-refractivity contribution < 1.29 is 19.1 Å². The summed E-state index contributed by atoms with van der Waals surface area (Å²) >= 11 is 0. The van der Waals surface area contributed by atoms with Gasteiger partial charge in [0.25, 0.3) is 5.91 Å². The minimum atomic E-state index is -0.380. The summed E-state index contributed by atoms with van der Waals surface area (Å²) < 4.78 is 5.59. The Morgan fingerprint density at radius 2 is 1.81 bits per heavy atom.